The summed E-state index contributed by atoms with van der Waals surface area (Å²) in [5, 5.41) is 13.7. The molecular formula is C24H33Cl2N5O3. The van der Waals surface area contributed by atoms with Crippen molar-refractivity contribution in [1.82, 2.24) is 14.5 Å². The second-order valence-corrected chi connectivity index (χ2v) is 9.03. The maximum Gasteiger partial charge on any atom is 0.330 e. The molecule has 1 aromatic carbocycles. The maximum absolute atomic E-state index is 13.0. The number of rotatable bonds is 7. The van der Waals surface area contributed by atoms with Gasteiger partial charge in [-0.05, 0) is 30.5 Å². The van der Waals surface area contributed by atoms with Crippen molar-refractivity contribution in [1.29, 1.82) is 0 Å². The topological polar surface area (TPSA) is 90.7 Å². The molecular weight excluding hydrogens is 477 g/mol. The number of aromatic nitrogens is 2. The van der Waals surface area contributed by atoms with Crippen molar-refractivity contribution >= 4 is 52.7 Å². The number of halogens is 2. The van der Waals surface area contributed by atoms with Gasteiger partial charge in [-0.2, -0.15) is 4.98 Å². The van der Waals surface area contributed by atoms with Gasteiger partial charge in [-0.25, -0.2) is 9.59 Å². The highest BCUT2D eigenvalue weighted by Crippen LogP contribution is 2.38. The summed E-state index contributed by atoms with van der Waals surface area (Å²) >= 11 is 12.1. The Kier molecular flexibility index (Phi) is 9.02. The summed E-state index contributed by atoms with van der Waals surface area (Å²) in [7, 11) is 3.38. The minimum atomic E-state index is -1.16. The number of carbonyl (C=O) groups is 2. The lowest BCUT2D eigenvalue weighted by Crippen LogP contribution is -2.46. The zero-order valence-electron chi connectivity index (χ0n) is 20.6. The third-order valence-corrected chi connectivity index (χ3v) is 6.54. The molecule has 186 valence electrons. The van der Waals surface area contributed by atoms with E-state index in [0.717, 1.165) is 5.56 Å². The Morgan fingerprint density at radius 2 is 1.74 bits per heavy atom. The van der Waals surface area contributed by atoms with Crippen LogP contribution in [-0.2, 0) is 18.4 Å². The number of fused-ring (bicyclic) bond motifs is 1. The van der Waals surface area contributed by atoms with Gasteiger partial charge in [0.15, 0.2) is 5.82 Å². The van der Waals surface area contributed by atoms with Crippen molar-refractivity contribution in [2.75, 3.05) is 17.3 Å². The molecule has 2 N–H and O–H groups in total. The fourth-order valence-electron chi connectivity index (χ4n) is 3.65. The van der Waals surface area contributed by atoms with Gasteiger partial charge in [-0.3, -0.25) is 9.80 Å². The number of hydrogen-bond acceptors (Lipinski definition) is 4. The molecule has 0 radical (unpaired) electrons. The first-order valence-electron chi connectivity index (χ1n) is 11.2. The molecule has 0 unspecified atom stereocenters. The van der Waals surface area contributed by atoms with Crippen molar-refractivity contribution in [2.45, 2.75) is 59.0 Å². The second-order valence-electron chi connectivity index (χ2n) is 8.22. The average molecular weight is 510 g/mol. The SMILES string of the molecule is C=C1c2c(nc(NC(CC)(CC)C(=O)O)n2C)N(C)C(=O)N1Cc1ccc(Cl)c(Cl)c1.CCC. The number of aliphatic carboxylic acids is 1. The molecule has 0 bridgehead atoms. The zero-order chi connectivity index (χ0) is 25.8. The van der Waals surface area contributed by atoms with Gasteiger partial charge in [0, 0.05) is 14.1 Å². The number of nitrogens with one attached hydrogen (secondary N) is 1. The molecule has 8 nitrogen and oxygen atoms in total. The molecule has 10 heteroatoms. The number of imidazole rings is 1. The largest absolute Gasteiger partial charge is 0.480 e. The molecule has 0 fully saturated rings. The second kappa shape index (κ2) is 11.1. The lowest BCUT2D eigenvalue weighted by Gasteiger charge is -2.34. The van der Waals surface area contributed by atoms with E-state index in [2.05, 4.69) is 30.7 Å². The standard InChI is InChI=1S/C21H25Cl2N5O3.C3H8/c1-6-21(7-2,18(29)30)25-19-24-17-16(26(19)4)12(3)28(20(31)27(17)5)11-13-8-9-14(22)15(23)10-13;1-3-2/h8-10H,3,6-7,11H2,1-2,4-5H3,(H,24,25)(H,29,30);3H2,1-2H3. The van der Waals surface area contributed by atoms with E-state index in [1.165, 1.54) is 16.2 Å². The first kappa shape index (κ1) is 27.5. The van der Waals surface area contributed by atoms with Crippen LogP contribution in [-0.4, -0.2) is 44.1 Å². The highest BCUT2D eigenvalue weighted by molar-refractivity contribution is 6.42. The highest BCUT2D eigenvalue weighted by atomic mass is 35.5. The van der Waals surface area contributed by atoms with Gasteiger partial charge in [-0.15, -0.1) is 0 Å². The number of nitrogens with zero attached hydrogens (tertiary/aromatic N) is 4. The average Bonchev–Trinajstić information content (AvgIpc) is 3.12. The number of carboxylic acid groups (broad SMARTS) is 1. The smallest absolute Gasteiger partial charge is 0.330 e. The molecule has 0 saturated heterocycles. The van der Waals surface area contributed by atoms with E-state index in [0.29, 0.717) is 46.0 Å². The van der Waals surface area contributed by atoms with Crippen molar-refractivity contribution in [2.24, 2.45) is 7.05 Å². The minimum absolute atomic E-state index is 0.245. The molecule has 0 aliphatic carbocycles. The molecule has 1 aliphatic rings. The third-order valence-electron chi connectivity index (χ3n) is 5.80. The van der Waals surface area contributed by atoms with Crippen LogP contribution in [0.25, 0.3) is 5.70 Å². The summed E-state index contributed by atoms with van der Waals surface area (Å²) in [6.07, 6.45) is 1.99. The first-order chi connectivity index (χ1) is 16.0. The predicted molar refractivity (Wildman–Crippen MR) is 139 cm³/mol. The van der Waals surface area contributed by atoms with Crippen LogP contribution in [0.15, 0.2) is 24.8 Å². The van der Waals surface area contributed by atoms with Gasteiger partial charge in [0.25, 0.3) is 0 Å². The lowest BCUT2D eigenvalue weighted by molar-refractivity contribution is -0.142. The summed E-state index contributed by atoms with van der Waals surface area (Å²) < 4.78 is 1.73. The predicted octanol–water partition coefficient (Wildman–Crippen LogP) is 6.24. The first-order valence-corrected chi connectivity index (χ1v) is 12.0. The molecule has 3 rings (SSSR count). The van der Waals surface area contributed by atoms with E-state index in [1.807, 2.05) is 0 Å². The normalized spacial score (nSPS) is 13.4. The molecule has 2 amide bonds. The molecule has 0 atom stereocenters. The Hall–Kier alpha value is -2.71. The molecule has 2 aromatic rings. The fourth-order valence-corrected chi connectivity index (χ4v) is 3.97. The van der Waals surface area contributed by atoms with Crippen molar-refractivity contribution in [3.63, 3.8) is 0 Å². The molecule has 1 aromatic heterocycles. The number of anilines is 2. The van der Waals surface area contributed by atoms with Crippen LogP contribution in [0.1, 0.15) is 58.2 Å². The fraction of sp³-hybridized carbons (Fsp3) is 0.458. The Bertz CT molecular complexity index is 1080. The summed E-state index contributed by atoms with van der Waals surface area (Å²) in [6, 6.07) is 4.88. The number of urea groups is 1. The van der Waals surface area contributed by atoms with Crippen LogP contribution < -0.4 is 10.2 Å². The van der Waals surface area contributed by atoms with Crippen LogP contribution in [0, 0.1) is 0 Å². The minimum Gasteiger partial charge on any atom is -0.480 e. The monoisotopic (exact) mass is 509 g/mol. The molecule has 2 heterocycles. The van der Waals surface area contributed by atoms with Gasteiger partial charge in [0.1, 0.15) is 11.2 Å². The molecule has 0 spiro atoms. The van der Waals surface area contributed by atoms with E-state index in [9.17, 15) is 14.7 Å². The van der Waals surface area contributed by atoms with Crippen LogP contribution >= 0.6 is 23.2 Å². The summed E-state index contributed by atoms with van der Waals surface area (Å²) in [6.45, 7) is 12.2. The van der Waals surface area contributed by atoms with Crippen LogP contribution in [0.3, 0.4) is 0 Å². The van der Waals surface area contributed by atoms with Crippen LogP contribution in [0.4, 0.5) is 16.6 Å². The van der Waals surface area contributed by atoms with E-state index >= 15 is 0 Å². The van der Waals surface area contributed by atoms with Crippen molar-refractivity contribution in [3.8, 4) is 0 Å². The number of carboxylic acids is 1. The Labute approximate surface area is 211 Å². The summed E-state index contributed by atoms with van der Waals surface area (Å²) in [4.78, 5) is 32.4. The van der Waals surface area contributed by atoms with Gasteiger partial charge in [-0.1, -0.05) is 70.0 Å². The van der Waals surface area contributed by atoms with Crippen molar-refractivity contribution in [3.05, 3.63) is 46.1 Å². The van der Waals surface area contributed by atoms with Gasteiger partial charge in [0.05, 0.1) is 22.3 Å². The quantitative estimate of drug-likeness (QED) is 0.460. The van der Waals surface area contributed by atoms with Crippen LogP contribution in [0.2, 0.25) is 10.0 Å². The van der Waals surface area contributed by atoms with Gasteiger partial charge in [0.2, 0.25) is 5.95 Å². The third kappa shape index (κ3) is 5.18. The van der Waals surface area contributed by atoms with Gasteiger partial charge < -0.3 is 15.0 Å². The zero-order valence-corrected chi connectivity index (χ0v) is 22.1. The Balaban J connectivity index is 0.00000129. The molecule has 1 aliphatic heterocycles. The van der Waals surface area contributed by atoms with Crippen LogP contribution in [0.5, 0.6) is 0 Å². The van der Waals surface area contributed by atoms with E-state index in [1.54, 1.807) is 50.7 Å². The number of benzene rings is 1. The Morgan fingerprint density at radius 3 is 2.24 bits per heavy atom. The van der Waals surface area contributed by atoms with Crippen molar-refractivity contribution < 1.29 is 14.7 Å². The lowest BCUT2D eigenvalue weighted by atomic mass is 9.93. The maximum atomic E-state index is 13.0. The number of carbonyl (C=O) groups excluding carboxylic acids is 1. The number of amides is 2. The molecule has 0 saturated carbocycles. The molecule has 34 heavy (non-hydrogen) atoms. The number of hydrogen-bond donors (Lipinski definition) is 2. The highest BCUT2D eigenvalue weighted by Gasteiger charge is 2.39. The summed E-state index contributed by atoms with van der Waals surface area (Å²) in [5.74, 6) is -0.187. The van der Waals surface area contributed by atoms with E-state index < -0.39 is 11.5 Å². The van der Waals surface area contributed by atoms with E-state index in [4.69, 9.17) is 23.2 Å². The van der Waals surface area contributed by atoms with E-state index in [-0.39, 0.29) is 12.6 Å². The Morgan fingerprint density at radius 1 is 1.15 bits per heavy atom. The summed E-state index contributed by atoms with van der Waals surface area (Å²) in [5.41, 5.74) is 0.714. The van der Waals surface area contributed by atoms with Gasteiger partial charge >= 0.3 is 12.0 Å².